The van der Waals surface area contributed by atoms with Crippen LogP contribution in [-0.2, 0) is 6.61 Å². The third kappa shape index (κ3) is 2.73. The fourth-order valence-corrected chi connectivity index (χ4v) is 2.15. The Kier molecular flexibility index (Phi) is 3.91. The molecule has 2 rings (SSSR count). The van der Waals surface area contributed by atoms with E-state index >= 15 is 0 Å². The molecule has 94 valence electrons. The molecular formula is C12H18FN3O. The lowest BCUT2D eigenvalue weighted by Crippen LogP contribution is -2.46. The van der Waals surface area contributed by atoms with Crippen molar-refractivity contribution in [3.05, 3.63) is 23.6 Å². The summed E-state index contributed by atoms with van der Waals surface area (Å²) >= 11 is 0. The van der Waals surface area contributed by atoms with Crippen molar-refractivity contribution in [2.75, 3.05) is 37.6 Å². The minimum Gasteiger partial charge on any atom is -0.392 e. The summed E-state index contributed by atoms with van der Waals surface area (Å²) in [6, 6.07) is 1.36. The van der Waals surface area contributed by atoms with Crippen LogP contribution in [0.1, 0.15) is 12.5 Å². The molecule has 17 heavy (non-hydrogen) atoms. The van der Waals surface area contributed by atoms with Gasteiger partial charge in [0.25, 0.3) is 0 Å². The summed E-state index contributed by atoms with van der Waals surface area (Å²) in [6.45, 7) is 6.75. The van der Waals surface area contributed by atoms with Crippen molar-refractivity contribution in [2.45, 2.75) is 13.5 Å². The summed E-state index contributed by atoms with van der Waals surface area (Å²) in [4.78, 5) is 8.56. The van der Waals surface area contributed by atoms with Crippen LogP contribution in [0.25, 0.3) is 0 Å². The normalized spacial score (nSPS) is 17.5. The lowest BCUT2D eigenvalue weighted by Gasteiger charge is -2.35. The average molecular weight is 239 g/mol. The highest BCUT2D eigenvalue weighted by Gasteiger charge is 2.19. The maximum absolute atomic E-state index is 13.0. The first kappa shape index (κ1) is 12.3. The molecule has 0 atom stereocenters. The van der Waals surface area contributed by atoms with Gasteiger partial charge in [-0.3, -0.25) is 0 Å². The van der Waals surface area contributed by atoms with Gasteiger partial charge in [0.1, 0.15) is 11.6 Å². The smallest absolute Gasteiger partial charge is 0.142 e. The number of piperazine rings is 1. The SMILES string of the molecule is CCN1CCN(c2ncc(F)cc2CO)CC1. The Morgan fingerprint density at radius 1 is 1.35 bits per heavy atom. The second-order valence-electron chi connectivity index (χ2n) is 4.22. The Morgan fingerprint density at radius 2 is 2.06 bits per heavy atom. The molecule has 1 aliphatic heterocycles. The predicted molar refractivity (Wildman–Crippen MR) is 64.4 cm³/mol. The van der Waals surface area contributed by atoms with Crippen LogP contribution in [0.3, 0.4) is 0 Å². The zero-order chi connectivity index (χ0) is 12.3. The number of pyridine rings is 1. The summed E-state index contributed by atoms with van der Waals surface area (Å²) in [5, 5.41) is 9.23. The van der Waals surface area contributed by atoms with Gasteiger partial charge in [0.2, 0.25) is 0 Å². The summed E-state index contributed by atoms with van der Waals surface area (Å²) in [5.74, 6) is 0.314. The molecule has 1 aromatic heterocycles. The molecule has 0 aliphatic carbocycles. The number of rotatable bonds is 3. The first-order chi connectivity index (χ1) is 8.24. The van der Waals surface area contributed by atoms with Crippen LogP contribution in [0.2, 0.25) is 0 Å². The lowest BCUT2D eigenvalue weighted by atomic mass is 10.2. The van der Waals surface area contributed by atoms with Crippen LogP contribution in [0.15, 0.2) is 12.3 Å². The summed E-state index contributed by atoms with van der Waals surface area (Å²) < 4.78 is 13.0. The van der Waals surface area contributed by atoms with Crippen molar-refractivity contribution >= 4 is 5.82 Å². The molecule has 0 amide bonds. The van der Waals surface area contributed by atoms with E-state index in [-0.39, 0.29) is 6.61 Å². The first-order valence-electron chi connectivity index (χ1n) is 5.97. The molecule has 5 heteroatoms. The highest BCUT2D eigenvalue weighted by Crippen LogP contribution is 2.20. The molecule has 4 nitrogen and oxygen atoms in total. The minimum absolute atomic E-state index is 0.173. The molecule has 0 bridgehead atoms. The minimum atomic E-state index is -0.398. The summed E-state index contributed by atoms with van der Waals surface area (Å²) in [5.41, 5.74) is 0.565. The number of aliphatic hydroxyl groups is 1. The van der Waals surface area contributed by atoms with Crippen LogP contribution < -0.4 is 4.90 Å². The van der Waals surface area contributed by atoms with Gasteiger partial charge in [-0.15, -0.1) is 0 Å². The number of likely N-dealkylation sites (N-methyl/N-ethyl adjacent to an activating group) is 1. The van der Waals surface area contributed by atoms with E-state index in [0.29, 0.717) is 11.4 Å². The van der Waals surface area contributed by atoms with Crippen molar-refractivity contribution in [3.63, 3.8) is 0 Å². The van der Waals surface area contributed by atoms with Crippen molar-refractivity contribution < 1.29 is 9.50 Å². The molecule has 0 saturated carbocycles. The number of aromatic nitrogens is 1. The number of aliphatic hydroxyl groups excluding tert-OH is 1. The topological polar surface area (TPSA) is 39.6 Å². The average Bonchev–Trinajstić information content (AvgIpc) is 2.39. The molecule has 1 aromatic rings. The number of anilines is 1. The second kappa shape index (κ2) is 5.42. The van der Waals surface area contributed by atoms with Crippen LogP contribution in [0.4, 0.5) is 10.2 Å². The second-order valence-corrected chi connectivity index (χ2v) is 4.22. The van der Waals surface area contributed by atoms with Crippen molar-refractivity contribution in [1.82, 2.24) is 9.88 Å². The van der Waals surface area contributed by atoms with Gasteiger partial charge in [-0.1, -0.05) is 6.92 Å². The van der Waals surface area contributed by atoms with E-state index < -0.39 is 5.82 Å². The van der Waals surface area contributed by atoms with E-state index in [2.05, 4.69) is 21.7 Å². The zero-order valence-corrected chi connectivity index (χ0v) is 10.1. The van der Waals surface area contributed by atoms with Gasteiger partial charge in [-0.2, -0.15) is 0 Å². The third-order valence-electron chi connectivity index (χ3n) is 3.20. The largest absolute Gasteiger partial charge is 0.392 e. The molecule has 1 N–H and O–H groups in total. The Labute approximate surface area is 101 Å². The van der Waals surface area contributed by atoms with Crippen LogP contribution in [0, 0.1) is 5.82 Å². The van der Waals surface area contributed by atoms with E-state index in [1.807, 2.05) is 0 Å². The fourth-order valence-electron chi connectivity index (χ4n) is 2.15. The molecule has 1 fully saturated rings. The Bertz CT molecular complexity index is 378. The fraction of sp³-hybridized carbons (Fsp3) is 0.583. The summed E-state index contributed by atoms with van der Waals surface area (Å²) in [7, 11) is 0. The third-order valence-corrected chi connectivity index (χ3v) is 3.20. The first-order valence-corrected chi connectivity index (χ1v) is 5.97. The number of halogens is 1. The van der Waals surface area contributed by atoms with Crippen LogP contribution >= 0.6 is 0 Å². The highest BCUT2D eigenvalue weighted by atomic mass is 19.1. The van der Waals surface area contributed by atoms with E-state index in [0.717, 1.165) is 32.7 Å². The van der Waals surface area contributed by atoms with E-state index in [9.17, 15) is 9.50 Å². The maximum Gasteiger partial charge on any atom is 0.142 e. The Balaban J connectivity index is 2.12. The predicted octanol–water partition coefficient (Wildman–Crippen LogP) is 0.855. The van der Waals surface area contributed by atoms with Gasteiger partial charge in [-0.25, -0.2) is 9.37 Å². The monoisotopic (exact) mass is 239 g/mol. The highest BCUT2D eigenvalue weighted by molar-refractivity contribution is 5.47. The molecule has 1 aliphatic rings. The van der Waals surface area contributed by atoms with Crippen LogP contribution in [0.5, 0.6) is 0 Å². The van der Waals surface area contributed by atoms with E-state index in [1.165, 1.54) is 12.3 Å². The number of hydrogen-bond donors (Lipinski definition) is 1. The van der Waals surface area contributed by atoms with Crippen LogP contribution in [-0.4, -0.2) is 47.7 Å². The van der Waals surface area contributed by atoms with Crippen molar-refractivity contribution in [3.8, 4) is 0 Å². The van der Waals surface area contributed by atoms with Crippen molar-refractivity contribution in [2.24, 2.45) is 0 Å². The molecule has 0 aromatic carbocycles. The van der Waals surface area contributed by atoms with Gasteiger partial charge >= 0.3 is 0 Å². The van der Waals surface area contributed by atoms with E-state index in [1.54, 1.807) is 0 Å². The van der Waals surface area contributed by atoms with E-state index in [4.69, 9.17) is 0 Å². The molecule has 2 heterocycles. The zero-order valence-electron chi connectivity index (χ0n) is 10.1. The van der Waals surface area contributed by atoms with Gasteiger partial charge in [0.15, 0.2) is 0 Å². The van der Waals surface area contributed by atoms with Gasteiger partial charge < -0.3 is 14.9 Å². The molecule has 0 radical (unpaired) electrons. The quantitative estimate of drug-likeness (QED) is 0.849. The number of nitrogens with zero attached hydrogens (tertiary/aromatic N) is 3. The molecular weight excluding hydrogens is 221 g/mol. The maximum atomic E-state index is 13.0. The van der Waals surface area contributed by atoms with Gasteiger partial charge in [-0.05, 0) is 12.6 Å². The van der Waals surface area contributed by atoms with Crippen molar-refractivity contribution in [1.29, 1.82) is 0 Å². The molecule has 0 spiro atoms. The Morgan fingerprint density at radius 3 is 2.65 bits per heavy atom. The molecule has 1 saturated heterocycles. The van der Waals surface area contributed by atoms with Gasteiger partial charge in [0.05, 0.1) is 12.8 Å². The number of hydrogen-bond acceptors (Lipinski definition) is 4. The lowest BCUT2D eigenvalue weighted by molar-refractivity contribution is 0.266. The van der Waals surface area contributed by atoms with Gasteiger partial charge in [0, 0.05) is 31.7 Å². The summed E-state index contributed by atoms with van der Waals surface area (Å²) in [6.07, 6.45) is 1.21. The standard InChI is InChI=1S/C12H18FN3O/c1-2-15-3-5-16(6-4-15)12-10(9-17)7-11(13)8-14-12/h7-8,17H,2-6,9H2,1H3. The Hall–Kier alpha value is -1.20. The molecule has 0 unspecified atom stereocenters.